The number of benzene rings is 3. The Morgan fingerprint density at radius 1 is 0.719 bits per heavy atom. The summed E-state index contributed by atoms with van der Waals surface area (Å²) in [4.78, 5) is 26.8. The number of hydrogen-bond donors (Lipinski definition) is 0. The highest BCUT2D eigenvalue weighted by Crippen LogP contribution is 2.33. The van der Waals surface area contributed by atoms with Crippen molar-refractivity contribution in [2.24, 2.45) is 5.41 Å². The quantitative estimate of drug-likeness (QED) is 0.235. The van der Waals surface area contributed by atoms with Gasteiger partial charge < -0.3 is 4.74 Å². The minimum atomic E-state index is -1.51. The van der Waals surface area contributed by atoms with Crippen LogP contribution in [0.3, 0.4) is 0 Å². The Morgan fingerprint density at radius 3 is 1.59 bits per heavy atom. The molecule has 3 rings (SSSR count). The van der Waals surface area contributed by atoms with Gasteiger partial charge in [-0.05, 0) is 31.2 Å². The van der Waals surface area contributed by atoms with E-state index in [0.717, 1.165) is 11.1 Å². The summed E-state index contributed by atoms with van der Waals surface area (Å²) in [6.45, 7) is 1.89. The van der Waals surface area contributed by atoms with Gasteiger partial charge in [-0.25, -0.2) is 0 Å². The molecule has 0 spiro atoms. The molecule has 3 aromatic carbocycles. The molecule has 0 aliphatic carbocycles. The molecular formula is C29H24O3. The van der Waals surface area contributed by atoms with E-state index in [1.807, 2.05) is 66.7 Å². The number of esters is 1. The van der Waals surface area contributed by atoms with E-state index < -0.39 is 11.4 Å². The molecule has 0 saturated carbocycles. The zero-order chi connectivity index (χ0) is 22.7. The second kappa shape index (κ2) is 11.3. The van der Waals surface area contributed by atoms with E-state index in [9.17, 15) is 9.59 Å². The number of rotatable bonds is 6. The van der Waals surface area contributed by atoms with Crippen LogP contribution >= 0.6 is 0 Å². The molecule has 3 aromatic rings. The lowest BCUT2D eigenvalue weighted by Crippen LogP contribution is -2.40. The lowest BCUT2D eigenvalue weighted by molar-refractivity contribution is -0.151. The average Bonchev–Trinajstić information content (AvgIpc) is 2.84. The molecule has 0 atom stereocenters. The maximum atomic E-state index is 13.6. The highest BCUT2D eigenvalue weighted by atomic mass is 16.5. The predicted octanol–water partition coefficient (Wildman–Crippen LogP) is 5.30. The van der Waals surface area contributed by atoms with Crippen LogP contribution in [0.1, 0.15) is 41.3 Å². The summed E-state index contributed by atoms with van der Waals surface area (Å²) >= 11 is 0. The van der Waals surface area contributed by atoms with Crippen LogP contribution in [0.4, 0.5) is 0 Å². The smallest absolute Gasteiger partial charge is 0.321 e. The highest BCUT2D eigenvalue weighted by molar-refractivity contribution is 6.13. The van der Waals surface area contributed by atoms with Crippen molar-refractivity contribution in [2.45, 2.75) is 19.8 Å². The van der Waals surface area contributed by atoms with Gasteiger partial charge in [0.1, 0.15) is 0 Å². The van der Waals surface area contributed by atoms with Gasteiger partial charge in [0.15, 0.2) is 11.2 Å². The minimum Gasteiger partial charge on any atom is -0.465 e. The summed E-state index contributed by atoms with van der Waals surface area (Å²) in [7, 11) is 0. The number of Topliss-reactive ketones (excluding diaryl/α,β-unsaturated/α-hetero) is 1. The molecule has 0 radical (unpaired) electrons. The molecule has 0 heterocycles. The Hall–Kier alpha value is -4.08. The zero-order valence-corrected chi connectivity index (χ0v) is 18.0. The van der Waals surface area contributed by atoms with Crippen LogP contribution in [0.25, 0.3) is 0 Å². The molecule has 0 fully saturated rings. The van der Waals surface area contributed by atoms with Crippen LogP contribution in [0.5, 0.6) is 0 Å². The van der Waals surface area contributed by atoms with E-state index in [1.54, 1.807) is 31.2 Å². The fourth-order valence-corrected chi connectivity index (χ4v) is 3.23. The second-order valence-electron chi connectivity index (χ2n) is 7.19. The van der Waals surface area contributed by atoms with E-state index in [-0.39, 0.29) is 25.2 Å². The van der Waals surface area contributed by atoms with Crippen molar-refractivity contribution >= 4 is 11.8 Å². The van der Waals surface area contributed by atoms with Crippen molar-refractivity contribution in [3.63, 3.8) is 0 Å². The predicted molar refractivity (Wildman–Crippen MR) is 126 cm³/mol. The van der Waals surface area contributed by atoms with Gasteiger partial charge in [-0.1, -0.05) is 90.4 Å². The molecule has 0 amide bonds. The van der Waals surface area contributed by atoms with Crippen LogP contribution in [0.15, 0.2) is 91.0 Å². The molecule has 0 aromatic heterocycles. The highest BCUT2D eigenvalue weighted by Gasteiger charge is 2.46. The number of hydrogen-bond acceptors (Lipinski definition) is 3. The summed E-state index contributed by atoms with van der Waals surface area (Å²) in [6.07, 6.45) is 0.0237. The normalized spacial score (nSPS) is 10.2. The molecular weight excluding hydrogens is 396 g/mol. The second-order valence-corrected chi connectivity index (χ2v) is 7.19. The largest absolute Gasteiger partial charge is 0.465 e. The van der Waals surface area contributed by atoms with Crippen molar-refractivity contribution in [3.8, 4) is 23.7 Å². The van der Waals surface area contributed by atoms with Crippen LogP contribution in [0, 0.1) is 29.1 Å². The van der Waals surface area contributed by atoms with Crippen LogP contribution in [-0.4, -0.2) is 18.4 Å². The fourth-order valence-electron chi connectivity index (χ4n) is 3.23. The summed E-state index contributed by atoms with van der Waals surface area (Å²) in [5, 5.41) is 0. The lowest BCUT2D eigenvalue weighted by Gasteiger charge is -2.26. The van der Waals surface area contributed by atoms with Crippen molar-refractivity contribution in [1.29, 1.82) is 0 Å². The number of carbonyl (C=O) groups is 2. The van der Waals surface area contributed by atoms with Crippen LogP contribution in [-0.2, 0) is 9.53 Å². The summed E-state index contributed by atoms with van der Waals surface area (Å²) < 4.78 is 5.36. The van der Waals surface area contributed by atoms with Gasteiger partial charge in [-0.3, -0.25) is 9.59 Å². The van der Waals surface area contributed by atoms with Gasteiger partial charge in [0.05, 0.1) is 6.61 Å². The first kappa shape index (κ1) is 22.6. The Kier molecular flexibility index (Phi) is 8.02. The Morgan fingerprint density at radius 2 is 1.16 bits per heavy atom. The third kappa shape index (κ3) is 5.75. The average molecular weight is 421 g/mol. The number of ether oxygens (including phenoxy) is 1. The van der Waals surface area contributed by atoms with Gasteiger partial charge >= 0.3 is 5.97 Å². The summed E-state index contributed by atoms with van der Waals surface area (Å²) in [5.41, 5.74) is 0.546. The Balaban J connectivity index is 2.02. The molecule has 3 nitrogen and oxygen atoms in total. The Labute approximate surface area is 189 Å². The van der Waals surface area contributed by atoms with Crippen LogP contribution in [0.2, 0.25) is 0 Å². The summed E-state index contributed by atoms with van der Waals surface area (Å²) in [6, 6.07) is 27.7. The van der Waals surface area contributed by atoms with Gasteiger partial charge in [-0.15, -0.1) is 0 Å². The van der Waals surface area contributed by atoms with E-state index in [2.05, 4.69) is 23.7 Å². The molecule has 0 bridgehead atoms. The Bertz CT molecular complexity index is 1100. The molecule has 0 aliphatic heterocycles. The number of carbonyl (C=O) groups excluding carboxylic acids is 2. The molecule has 0 N–H and O–H groups in total. The standard InChI is InChI=1S/C29H24O3/c1-2-32-28(31)29(27(30)26-20-10-5-11-21-26,22-12-18-24-14-6-3-7-15-24)23-13-19-25-16-8-4-9-17-25/h3-11,14-17,20-21H,2,22-23H2,1H3. The summed E-state index contributed by atoms with van der Waals surface area (Å²) in [5.74, 6) is 11.3. The molecule has 0 aliphatic rings. The van der Waals surface area contributed by atoms with Crippen molar-refractivity contribution in [1.82, 2.24) is 0 Å². The van der Waals surface area contributed by atoms with Crippen molar-refractivity contribution < 1.29 is 14.3 Å². The van der Waals surface area contributed by atoms with Crippen LogP contribution < -0.4 is 0 Å². The van der Waals surface area contributed by atoms with Crippen molar-refractivity contribution in [3.05, 3.63) is 108 Å². The van der Waals surface area contributed by atoms with E-state index >= 15 is 0 Å². The third-order valence-corrected chi connectivity index (χ3v) is 4.93. The lowest BCUT2D eigenvalue weighted by atomic mass is 9.75. The topological polar surface area (TPSA) is 43.4 Å². The molecule has 32 heavy (non-hydrogen) atoms. The third-order valence-electron chi connectivity index (χ3n) is 4.93. The van der Waals surface area contributed by atoms with Gasteiger partial charge in [0, 0.05) is 29.5 Å². The van der Waals surface area contributed by atoms with Gasteiger partial charge in [0.2, 0.25) is 0 Å². The number of ketones is 1. The molecule has 0 saturated heterocycles. The SMILES string of the molecule is CCOC(=O)C(CC#Cc1ccccc1)(CC#Cc1ccccc1)C(=O)c1ccccc1. The van der Waals surface area contributed by atoms with Gasteiger partial charge in [-0.2, -0.15) is 0 Å². The maximum Gasteiger partial charge on any atom is 0.321 e. The minimum absolute atomic E-state index is 0.0118. The van der Waals surface area contributed by atoms with E-state index in [0.29, 0.717) is 5.56 Å². The molecule has 158 valence electrons. The van der Waals surface area contributed by atoms with E-state index in [4.69, 9.17) is 4.74 Å². The monoisotopic (exact) mass is 420 g/mol. The van der Waals surface area contributed by atoms with E-state index in [1.165, 1.54) is 0 Å². The van der Waals surface area contributed by atoms with Crippen molar-refractivity contribution in [2.75, 3.05) is 6.61 Å². The maximum absolute atomic E-state index is 13.6. The first-order chi connectivity index (χ1) is 15.7. The van der Waals surface area contributed by atoms with Gasteiger partial charge in [0.25, 0.3) is 0 Å². The zero-order valence-electron chi connectivity index (χ0n) is 18.0. The fraction of sp³-hybridized carbons (Fsp3) is 0.172. The molecule has 3 heteroatoms. The first-order valence-electron chi connectivity index (χ1n) is 10.5. The first-order valence-corrected chi connectivity index (χ1v) is 10.5. The molecule has 0 unspecified atom stereocenters.